The molecule has 0 aromatic heterocycles. The van der Waals surface area contributed by atoms with Crippen LogP contribution in [0.3, 0.4) is 0 Å². The molecule has 1 heterocycles. The second-order valence-electron chi connectivity index (χ2n) is 6.77. The predicted octanol–water partition coefficient (Wildman–Crippen LogP) is 3.33. The Morgan fingerprint density at radius 2 is 1.89 bits per heavy atom. The largest absolute Gasteiger partial charge is 0.412 e. The molecule has 1 fully saturated rings. The van der Waals surface area contributed by atoms with Crippen LogP contribution in [0.2, 0.25) is 0 Å². The van der Waals surface area contributed by atoms with Crippen molar-refractivity contribution in [3.05, 3.63) is 60.2 Å². The van der Waals surface area contributed by atoms with Crippen LogP contribution >= 0.6 is 0 Å². The van der Waals surface area contributed by atoms with Crippen molar-refractivity contribution in [3.8, 4) is 5.75 Å². The number of anilines is 1. The average molecular weight is 368 g/mol. The Hall–Kier alpha value is -2.86. The quantitative estimate of drug-likeness (QED) is 0.879. The van der Waals surface area contributed by atoms with Gasteiger partial charge in [0.05, 0.1) is 12.6 Å². The van der Waals surface area contributed by atoms with Crippen LogP contribution in [0.1, 0.15) is 25.3 Å². The Bertz CT molecular complexity index is 775. The Kier molecular flexibility index (Phi) is 6.08. The van der Waals surface area contributed by atoms with Crippen LogP contribution < -0.4 is 15.0 Å². The van der Waals surface area contributed by atoms with Gasteiger partial charge in [0.2, 0.25) is 0 Å². The van der Waals surface area contributed by atoms with E-state index in [0.717, 1.165) is 5.69 Å². The van der Waals surface area contributed by atoms with Crippen molar-refractivity contribution in [3.63, 3.8) is 0 Å². The standard InChI is InChI=1S/C21H24N2O4/c1-15(2)16-8-10-17(11-9-16)23-13-19(26-14-20(23)24)12-22-21(25)27-18-6-4-3-5-7-18/h3-11,15,19H,12-14H2,1-2H3,(H,22,25). The van der Waals surface area contributed by atoms with Crippen LogP contribution in [-0.4, -0.2) is 37.8 Å². The van der Waals surface area contributed by atoms with Gasteiger partial charge in [-0.2, -0.15) is 0 Å². The van der Waals surface area contributed by atoms with Gasteiger partial charge in [0.15, 0.2) is 0 Å². The van der Waals surface area contributed by atoms with Crippen LogP contribution in [0, 0.1) is 0 Å². The van der Waals surface area contributed by atoms with E-state index >= 15 is 0 Å². The van der Waals surface area contributed by atoms with Gasteiger partial charge in [0, 0.05) is 12.2 Å². The number of hydrogen-bond acceptors (Lipinski definition) is 4. The first-order valence-electron chi connectivity index (χ1n) is 9.05. The minimum Gasteiger partial charge on any atom is -0.410 e. The Balaban J connectivity index is 1.55. The van der Waals surface area contributed by atoms with E-state index in [1.165, 1.54) is 5.56 Å². The molecule has 2 aromatic rings. The molecule has 142 valence electrons. The van der Waals surface area contributed by atoms with Crippen molar-refractivity contribution < 1.29 is 19.1 Å². The molecule has 1 unspecified atom stereocenters. The fourth-order valence-corrected chi connectivity index (χ4v) is 2.87. The molecule has 2 aromatic carbocycles. The zero-order valence-corrected chi connectivity index (χ0v) is 15.6. The molecule has 0 spiro atoms. The number of benzene rings is 2. The lowest BCUT2D eigenvalue weighted by Gasteiger charge is -2.33. The normalized spacial score (nSPS) is 17.1. The summed E-state index contributed by atoms with van der Waals surface area (Å²) < 4.78 is 10.7. The van der Waals surface area contributed by atoms with E-state index in [4.69, 9.17) is 9.47 Å². The van der Waals surface area contributed by atoms with E-state index in [-0.39, 0.29) is 25.2 Å². The predicted molar refractivity (Wildman–Crippen MR) is 103 cm³/mol. The van der Waals surface area contributed by atoms with E-state index in [0.29, 0.717) is 18.2 Å². The second-order valence-corrected chi connectivity index (χ2v) is 6.77. The molecule has 1 N–H and O–H groups in total. The molecule has 0 radical (unpaired) electrons. The van der Waals surface area contributed by atoms with Gasteiger partial charge >= 0.3 is 6.09 Å². The minimum atomic E-state index is -0.547. The summed E-state index contributed by atoms with van der Waals surface area (Å²) in [7, 11) is 0. The van der Waals surface area contributed by atoms with E-state index < -0.39 is 6.09 Å². The molecule has 1 aliphatic heterocycles. The van der Waals surface area contributed by atoms with Crippen LogP contribution in [0.5, 0.6) is 5.75 Å². The topological polar surface area (TPSA) is 67.9 Å². The number of carbonyl (C=O) groups is 2. The molecule has 27 heavy (non-hydrogen) atoms. The highest BCUT2D eigenvalue weighted by Crippen LogP contribution is 2.22. The highest BCUT2D eigenvalue weighted by atomic mass is 16.6. The van der Waals surface area contributed by atoms with Crippen molar-refractivity contribution in [2.45, 2.75) is 25.9 Å². The highest BCUT2D eigenvalue weighted by molar-refractivity contribution is 5.95. The third-order valence-corrected chi connectivity index (χ3v) is 4.43. The SMILES string of the molecule is CC(C)c1ccc(N2CC(CNC(=O)Oc3ccccc3)OCC2=O)cc1. The Morgan fingerprint density at radius 1 is 1.19 bits per heavy atom. The van der Waals surface area contributed by atoms with Gasteiger partial charge in [-0.15, -0.1) is 0 Å². The first kappa shape index (κ1) is 18.9. The zero-order chi connectivity index (χ0) is 19.2. The Labute approximate surface area is 159 Å². The maximum Gasteiger partial charge on any atom is 0.412 e. The number of nitrogens with one attached hydrogen (secondary N) is 1. The molecule has 1 atom stereocenters. The molecule has 1 aliphatic rings. The van der Waals surface area contributed by atoms with Gasteiger partial charge in [-0.05, 0) is 35.7 Å². The molecule has 0 saturated carbocycles. The third-order valence-electron chi connectivity index (χ3n) is 4.43. The average Bonchev–Trinajstić information content (AvgIpc) is 2.68. The molecule has 6 nitrogen and oxygen atoms in total. The van der Waals surface area contributed by atoms with Gasteiger partial charge in [0.1, 0.15) is 12.4 Å². The van der Waals surface area contributed by atoms with Crippen LogP contribution in [0.15, 0.2) is 54.6 Å². The van der Waals surface area contributed by atoms with Crippen molar-refractivity contribution in [1.29, 1.82) is 0 Å². The highest BCUT2D eigenvalue weighted by Gasteiger charge is 2.27. The fourth-order valence-electron chi connectivity index (χ4n) is 2.87. The first-order chi connectivity index (χ1) is 13.0. The van der Waals surface area contributed by atoms with E-state index in [9.17, 15) is 9.59 Å². The second kappa shape index (κ2) is 8.68. The number of rotatable bonds is 5. The molecule has 2 amide bonds. The lowest BCUT2D eigenvalue weighted by Crippen LogP contribution is -2.51. The summed E-state index contributed by atoms with van der Waals surface area (Å²) in [5, 5.41) is 2.69. The van der Waals surface area contributed by atoms with Gasteiger partial charge < -0.3 is 19.7 Å². The molecule has 0 aliphatic carbocycles. The number of nitrogens with zero attached hydrogens (tertiary/aromatic N) is 1. The number of hydrogen-bond donors (Lipinski definition) is 1. The lowest BCUT2D eigenvalue weighted by molar-refractivity contribution is -0.129. The summed E-state index contributed by atoms with van der Waals surface area (Å²) in [5.74, 6) is 0.823. The van der Waals surface area contributed by atoms with Crippen molar-refractivity contribution >= 4 is 17.7 Å². The Morgan fingerprint density at radius 3 is 2.56 bits per heavy atom. The summed E-state index contributed by atoms with van der Waals surface area (Å²) in [6, 6.07) is 16.8. The van der Waals surface area contributed by atoms with Gasteiger partial charge in [0.25, 0.3) is 5.91 Å². The van der Waals surface area contributed by atoms with Crippen LogP contribution in [-0.2, 0) is 9.53 Å². The van der Waals surface area contributed by atoms with Gasteiger partial charge in [-0.3, -0.25) is 4.79 Å². The molecule has 6 heteroatoms. The zero-order valence-electron chi connectivity index (χ0n) is 15.6. The summed E-state index contributed by atoms with van der Waals surface area (Å²) >= 11 is 0. The van der Waals surface area contributed by atoms with Gasteiger partial charge in [-0.25, -0.2) is 4.79 Å². The number of para-hydroxylation sites is 1. The summed E-state index contributed by atoms with van der Waals surface area (Å²) in [4.78, 5) is 25.8. The summed E-state index contributed by atoms with van der Waals surface area (Å²) in [6.45, 7) is 4.90. The fraction of sp³-hybridized carbons (Fsp3) is 0.333. The van der Waals surface area contributed by atoms with Crippen LogP contribution in [0.25, 0.3) is 0 Å². The maximum absolute atomic E-state index is 12.2. The third kappa shape index (κ3) is 5.08. The first-order valence-corrected chi connectivity index (χ1v) is 9.05. The van der Waals surface area contributed by atoms with E-state index in [1.807, 2.05) is 30.3 Å². The molecule has 0 bridgehead atoms. The molecule has 1 saturated heterocycles. The number of morpholine rings is 1. The summed E-state index contributed by atoms with van der Waals surface area (Å²) in [6.07, 6.45) is -0.842. The molecule has 3 rings (SSSR count). The van der Waals surface area contributed by atoms with Crippen molar-refractivity contribution in [2.75, 3.05) is 24.6 Å². The molecular formula is C21H24N2O4. The monoisotopic (exact) mass is 368 g/mol. The van der Waals surface area contributed by atoms with Crippen LogP contribution in [0.4, 0.5) is 10.5 Å². The smallest absolute Gasteiger partial charge is 0.410 e. The maximum atomic E-state index is 12.2. The van der Waals surface area contributed by atoms with E-state index in [1.54, 1.807) is 29.2 Å². The number of carbonyl (C=O) groups excluding carboxylic acids is 2. The van der Waals surface area contributed by atoms with Crippen molar-refractivity contribution in [1.82, 2.24) is 5.32 Å². The van der Waals surface area contributed by atoms with Gasteiger partial charge in [-0.1, -0.05) is 44.2 Å². The number of amides is 2. The minimum absolute atomic E-state index is 0.00793. The lowest BCUT2D eigenvalue weighted by atomic mass is 10.0. The molecular weight excluding hydrogens is 344 g/mol. The van der Waals surface area contributed by atoms with Crippen molar-refractivity contribution in [2.24, 2.45) is 0 Å². The summed E-state index contributed by atoms with van der Waals surface area (Å²) in [5.41, 5.74) is 2.06. The van der Waals surface area contributed by atoms with E-state index in [2.05, 4.69) is 19.2 Å². The number of ether oxygens (including phenoxy) is 2.